The minimum Gasteiger partial charge on any atom is -0.379 e. The van der Waals surface area contributed by atoms with Crippen LogP contribution in [0.15, 0.2) is 54.6 Å². The second kappa shape index (κ2) is 10.2. The van der Waals surface area contributed by atoms with E-state index in [4.69, 9.17) is 9.72 Å². The lowest BCUT2D eigenvalue weighted by Crippen LogP contribution is -2.43. The summed E-state index contributed by atoms with van der Waals surface area (Å²) in [6, 6.07) is 18.5. The Hall–Kier alpha value is -2.54. The van der Waals surface area contributed by atoms with Crippen molar-refractivity contribution in [3.63, 3.8) is 0 Å². The standard InChI is InChI=1S/C25H29N3O2S/c1-18-8-10-21(11-9-18)25-23(31-19(2)26-25)16-24(29)27-22(20-6-4-3-5-7-20)17-28-12-14-30-15-13-28/h3-11,22H,12-17H2,1-2H3,(H,27,29). The summed E-state index contributed by atoms with van der Waals surface area (Å²) in [5.41, 5.74) is 4.32. The van der Waals surface area contributed by atoms with E-state index in [0.717, 1.165) is 59.6 Å². The molecule has 1 saturated heterocycles. The molecule has 3 aromatic rings. The molecule has 1 N–H and O–H groups in total. The lowest BCUT2D eigenvalue weighted by molar-refractivity contribution is -0.121. The Morgan fingerprint density at radius 2 is 1.81 bits per heavy atom. The topological polar surface area (TPSA) is 54.5 Å². The highest BCUT2D eigenvalue weighted by Crippen LogP contribution is 2.29. The van der Waals surface area contributed by atoms with Crippen LogP contribution in [-0.4, -0.2) is 48.6 Å². The van der Waals surface area contributed by atoms with Gasteiger partial charge in [-0.25, -0.2) is 4.98 Å². The quantitative estimate of drug-likeness (QED) is 0.606. The highest BCUT2D eigenvalue weighted by molar-refractivity contribution is 7.12. The fourth-order valence-corrected chi connectivity index (χ4v) is 4.84. The predicted octanol–water partition coefficient (Wildman–Crippen LogP) is 4.16. The van der Waals surface area contributed by atoms with Gasteiger partial charge in [-0.3, -0.25) is 9.69 Å². The van der Waals surface area contributed by atoms with Gasteiger partial charge in [-0.1, -0.05) is 60.2 Å². The second-order valence-electron chi connectivity index (χ2n) is 7.99. The zero-order valence-corrected chi connectivity index (χ0v) is 19.0. The van der Waals surface area contributed by atoms with Crippen LogP contribution in [0.5, 0.6) is 0 Å². The van der Waals surface area contributed by atoms with E-state index in [1.807, 2.05) is 25.1 Å². The first-order chi connectivity index (χ1) is 15.1. The number of hydrogen-bond acceptors (Lipinski definition) is 5. The Morgan fingerprint density at radius 3 is 2.52 bits per heavy atom. The predicted molar refractivity (Wildman–Crippen MR) is 125 cm³/mol. The van der Waals surface area contributed by atoms with E-state index in [9.17, 15) is 4.79 Å². The molecule has 0 spiro atoms. The molecule has 2 heterocycles. The SMILES string of the molecule is Cc1ccc(-c2nc(C)sc2CC(=O)NC(CN2CCOCC2)c2ccccc2)cc1. The number of ether oxygens (including phenoxy) is 1. The summed E-state index contributed by atoms with van der Waals surface area (Å²) < 4.78 is 5.48. The number of aromatic nitrogens is 1. The van der Waals surface area contributed by atoms with Crippen molar-refractivity contribution >= 4 is 17.2 Å². The molecule has 0 saturated carbocycles. The van der Waals surface area contributed by atoms with Gasteiger partial charge in [0.15, 0.2) is 0 Å². The van der Waals surface area contributed by atoms with E-state index in [2.05, 4.69) is 53.5 Å². The summed E-state index contributed by atoms with van der Waals surface area (Å²) in [6.07, 6.45) is 0.334. The number of morpholine rings is 1. The van der Waals surface area contributed by atoms with Crippen LogP contribution in [0.1, 0.15) is 27.1 Å². The lowest BCUT2D eigenvalue weighted by Gasteiger charge is -2.31. The Bertz CT molecular complexity index is 995. The Kier molecular flexibility index (Phi) is 7.12. The number of carbonyl (C=O) groups is 1. The summed E-state index contributed by atoms with van der Waals surface area (Å²) >= 11 is 1.60. The van der Waals surface area contributed by atoms with Gasteiger partial charge in [0.1, 0.15) is 0 Å². The monoisotopic (exact) mass is 435 g/mol. The zero-order valence-electron chi connectivity index (χ0n) is 18.1. The van der Waals surface area contributed by atoms with Crippen LogP contribution in [0.4, 0.5) is 0 Å². The van der Waals surface area contributed by atoms with Crippen molar-refractivity contribution < 1.29 is 9.53 Å². The van der Waals surface area contributed by atoms with Crippen LogP contribution in [0, 0.1) is 13.8 Å². The average molecular weight is 436 g/mol. The summed E-state index contributed by atoms with van der Waals surface area (Å²) in [6.45, 7) is 8.13. The molecular formula is C25H29N3O2S. The van der Waals surface area contributed by atoms with E-state index in [1.165, 1.54) is 5.56 Å². The minimum absolute atomic E-state index is 0.0270. The number of carbonyl (C=O) groups excluding carboxylic acids is 1. The average Bonchev–Trinajstić information content (AvgIpc) is 3.15. The number of hydrogen-bond donors (Lipinski definition) is 1. The Labute approximate surface area is 188 Å². The van der Waals surface area contributed by atoms with E-state index in [1.54, 1.807) is 11.3 Å². The van der Waals surface area contributed by atoms with Gasteiger partial charge >= 0.3 is 0 Å². The highest BCUT2D eigenvalue weighted by Gasteiger charge is 2.22. The van der Waals surface area contributed by atoms with Gasteiger partial charge in [0.05, 0.1) is 36.4 Å². The van der Waals surface area contributed by atoms with E-state index < -0.39 is 0 Å². The summed E-state index contributed by atoms with van der Waals surface area (Å²) in [5.74, 6) is 0.0270. The normalized spacial score (nSPS) is 15.5. The molecule has 1 aliphatic heterocycles. The maximum atomic E-state index is 13.1. The summed E-state index contributed by atoms with van der Waals surface area (Å²) in [5, 5.41) is 4.26. The molecule has 0 radical (unpaired) electrons. The van der Waals surface area contributed by atoms with Crippen molar-refractivity contribution in [2.45, 2.75) is 26.3 Å². The first-order valence-electron chi connectivity index (χ1n) is 10.8. The highest BCUT2D eigenvalue weighted by atomic mass is 32.1. The van der Waals surface area contributed by atoms with Crippen LogP contribution < -0.4 is 5.32 Å². The minimum atomic E-state index is -0.0522. The van der Waals surface area contributed by atoms with Crippen LogP contribution in [0.2, 0.25) is 0 Å². The van der Waals surface area contributed by atoms with Gasteiger partial charge in [0.25, 0.3) is 0 Å². The summed E-state index contributed by atoms with van der Waals surface area (Å²) in [4.78, 5) is 21.2. The summed E-state index contributed by atoms with van der Waals surface area (Å²) in [7, 11) is 0. The van der Waals surface area contributed by atoms with Crippen molar-refractivity contribution in [1.82, 2.24) is 15.2 Å². The van der Waals surface area contributed by atoms with Crippen molar-refractivity contribution in [1.29, 1.82) is 0 Å². The van der Waals surface area contributed by atoms with Gasteiger partial charge in [0.2, 0.25) is 5.91 Å². The number of nitrogens with zero attached hydrogens (tertiary/aromatic N) is 2. The largest absolute Gasteiger partial charge is 0.379 e. The van der Waals surface area contributed by atoms with Gasteiger partial charge in [-0.05, 0) is 19.4 Å². The van der Waals surface area contributed by atoms with Crippen molar-refractivity contribution in [2.75, 3.05) is 32.8 Å². The van der Waals surface area contributed by atoms with Gasteiger partial charge in [-0.15, -0.1) is 11.3 Å². The molecule has 0 bridgehead atoms. The first-order valence-corrected chi connectivity index (χ1v) is 11.6. The third-order valence-corrected chi connectivity index (χ3v) is 6.50. The molecular weight excluding hydrogens is 406 g/mol. The van der Waals surface area contributed by atoms with Gasteiger partial charge < -0.3 is 10.1 Å². The van der Waals surface area contributed by atoms with E-state index >= 15 is 0 Å². The molecule has 0 aliphatic carbocycles. The Morgan fingerprint density at radius 1 is 1.10 bits per heavy atom. The molecule has 6 heteroatoms. The fourth-order valence-electron chi connectivity index (χ4n) is 3.88. The molecule has 5 nitrogen and oxygen atoms in total. The van der Waals surface area contributed by atoms with E-state index in [0.29, 0.717) is 6.42 Å². The number of benzene rings is 2. The molecule has 1 aliphatic rings. The van der Waals surface area contributed by atoms with Crippen LogP contribution in [-0.2, 0) is 16.0 Å². The molecule has 1 fully saturated rings. The Balaban J connectivity index is 1.49. The third kappa shape index (κ3) is 5.79. The molecule has 4 rings (SSSR count). The molecule has 2 aromatic carbocycles. The van der Waals surface area contributed by atoms with Crippen LogP contribution in [0.25, 0.3) is 11.3 Å². The van der Waals surface area contributed by atoms with Crippen molar-refractivity contribution in [2.24, 2.45) is 0 Å². The maximum absolute atomic E-state index is 13.1. The number of amides is 1. The zero-order chi connectivity index (χ0) is 21.6. The van der Waals surface area contributed by atoms with Crippen LogP contribution >= 0.6 is 11.3 Å². The number of rotatable bonds is 7. The molecule has 162 valence electrons. The first kappa shape index (κ1) is 21.7. The third-order valence-electron chi connectivity index (χ3n) is 5.53. The molecule has 1 unspecified atom stereocenters. The van der Waals surface area contributed by atoms with Gasteiger partial charge in [-0.2, -0.15) is 0 Å². The van der Waals surface area contributed by atoms with Crippen molar-refractivity contribution in [3.8, 4) is 11.3 Å². The number of thiazole rings is 1. The molecule has 31 heavy (non-hydrogen) atoms. The molecule has 1 amide bonds. The van der Waals surface area contributed by atoms with Crippen molar-refractivity contribution in [3.05, 3.63) is 75.6 Å². The van der Waals surface area contributed by atoms with E-state index in [-0.39, 0.29) is 11.9 Å². The second-order valence-corrected chi connectivity index (χ2v) is 9.28. The molecule has 1 atom stereocenters. The maximum Gasteiger partial charge on any atom is 0.225 e. The number of nitrogens with one attached hydrogen (secondary N) is 1. The van der Waals surface area contributed by atoms with Gasteiger partial charge in [0, 0.05) is 30.1 Å². The lowest BCUT2D eigenvalue weighted by atomic mass is 10.0. The smallest absolute Gasteiger partial charge is 0.225 e. The van der Waals surface area contributed by atoms with Crippen LogP contribution in [0.3, 0.4) is 0 Å². The molecule has 1 aromatic heterocycles. The fraction of sp³-hybridized carbons (Fsp3) is 0.360. The number of aryl methyl sites for hydroxylation is 2.